The topological polar surface area (TPSA) is 46.2 Å². The Balaban J connectivity index is 1.68. The first-order valence-corrected chi connectivity index (χ1v) is 10.6. The Morgan fingerprint density at radius 2 is 1.60 bits per heavy atom. The number of rotatable bonds is 6. The number of carbonyl (C=O) groups excluding carboxylic acids is 2. The van der Waals surface area contributed by atoms with Crippen molar-refractivity contribution in [3.63, 3.8) is 0 Å². The molecule has 0 heterocycles. The van der Waals surface area contributed by atoms with E-state index in [0.29, 0.717) is 23.4 Å². The van der Waals surface area contributed by atoms with Crippen molar-refractivity contribution in [1.29, 1.82) is 0 Å². The minimum atomic E-state index is -1.62. The van der Waals surface area contributed by atoms with Crippen LogP contribution in [0.1, 0.15) is 49.4 Å². The molecule has 0 saturated heterocycles. The van der Waals surface area contributed by atoms with Gasteiger partial charge in [0.25, 0.3) is 5.91 Å². The number of amides is 1. The van der Waals surface area contributed by atoms with Crippen LogP contribution in [-0.4, -0.2) is 16.9 Å². The van der Waals surface area contributed by atoms with E-state index in [1.807, 2.05) is 6.92 Å². The van der Waals surface area contributed by atoms with E-state index >= 15 is 0 Å². The van der Waals surface area contributed by atoms with Crippen LogP contribution in [-0.2, 0) is 4.79 Å². The smallest absolute Gasteiger partial charge is 0.255 e. The zero-order valence-electron chi connectivity index (χ0n) is 16.3. The molecule has 0 spiro atoms. The summed E-state index contributed by atoms with van der Waals surface area (Å²) in [7, 11) is 0. The number of hydrogen-bond acceptors (Lipinski definition) is 3. The van der Waals surface area contributed by atoms with Crippen LogP contribution >= 0.6 is 11.8 Å². The number of halogens is 4. The number of nitrogens with one attached hydrogen (secondary N) is 1. The van der Waals surface area contributed by atoms with E-state index in [-0.39, 0.29) is 28.2 Å². The van der Waals surface area contributed by atoms with Gasteiger partial charge in [-0.05, 0) is 43.9 Å². The molecule has 0 unspecified atom stereocenters. The summed E-state index contributed by atoms with van der Waals surface area (Å²) in [5.74, 6) is -5.29. The van der Waals surface area contributed by atoms with Crippen LogP contribution in [0.25, 0.3) is 0 Å². The SMILES string of the molecule is CCC(=O)C1CCC(Sc2cc(C(=O)Nc3cc(F)c(F)c(F)c3)ccc2F)CC1. The number of benzene rings is 2. The van der Waals surface area contributed by atoms with Gasteiger partial charge in [0.2, 0.25) is 0 Å². The minimum Gasteiger partial charge on any atom is -0.322 e. The van der Waals surface area contributed by atoms with Crippen molar-refractivity contribution in [2.75, 3.05) is 5.32 Å². The maximum absolute atomic E-state index is 14.3. The van der Waals surface area contributed by atoms with E-state index in [0.717, 1.165) is 31.7 Å². The first-order chi connectivity index (χ1) is 14.3. The minimum absolute atomic E-state index is 0.0744. The lowest BCUT2D eigenvalue weighted by atomic mass is 9.85. The van der Waals surface area contributed by atoms with Crippen molar-refractivity contribution in [2.45, 2.75) is 49.2 Å². The maximum atomic E-state index is 14.3. The fraction of sp³-hybridized carbons (Fsp3) is 0.364. The highest BCUT2D eigenvalue weighted by Crippen LogP contribution is 2.38. The van der Waals surface area contributed by atoms with Crippen LogP contribution < -0.4 is 5.32 Å². The van der Waals surface area contributed by atoms with Crippen LogP contribution in [0.5, 0.6) is 0 Å². The molecule has 1 amide bonds. The van der Waals surface area contributed by atoms with E-state index in [2.05, 4.69) is 5.32 Å². The summed E-state index contributed by atoms with van der Waals surface area (Å²) in [6.07, 6.45) is 3.63. The fourth-order valence-corrected chi connectivity index (χ4v) is 4.78. The molecule has 0 atom stereocenters. The van der Waals surface area contributed by atoms with Gasteiger partial charge in [0, 0.05) is 45.9 Å². The van der Waals surface area contributed by atoms with Crippen LogP contribution in [0.2, 0.25) is 0 Å². The van der Waals surface area contributed by atoms with Gasteiger partial charge in [-0.15, -0.1) is 11.8 Å². The molecule has 1 saturated carbocycles. The summed E-state index contributed by atoms with van der Waals surface area (Å²) >= 11 is 1.32. The maximum Gasteiger partial charge on any atom is 0.255 e. The van der Waals surface area contributed by atoms with Gasteiger partial charge in [-0.1, -0.05) is 6.92 Å². The Morgan fingerprint density at radius 1 is 0.967 bits per heavy atom. The average molecular weight is 439 g/mol. The van der Waals surface area contributed by atoms with Gasteiger partial charge >= 0.3 is 0 Å². The third-order valence-corrected chi connectivity index (χ3v) is 6.58. The zero-order chi connectivity index (χ0) is 21.8. The molecule has 0 aliphatic heterocycles. The largest absolute Gasteiger partial charge is 0.322 e. The van der Waals surface area contributed by atoms with E-state index < -0.39 is 29.2 Å². The Labute approximate surface area is 176 Å². The Kier molecular flexibility index (Phi) is 7.18. The van der Waals surface area contributed by atoms with Crippen molar-refractivity contribution in [3.8, 4) is 0 Å². The third kappa shape index (κ3) is 5.22. The average Bonchev–Trinajstić information content (AvgIpc) is 2.73. The summed E-state index contributed by atoms with van der Waals surface area (Å²) in [4.78, 5) is 24.5. The Bertz CT molecular complexity index is 935. The summed E-state index contributed by atoms with van der Waals surface area (Å²) in [6.45, 7) is 1.85. The lowest BCUT2D eigenvalue weighted by molar-refractivity contribution is -0.123. The number of hydrogen-bond donors (Lipinski definition) is 1. The second-order valence-electron chi connectivity index (χ2n) is 7.26. The van der Waals surface area contributed by atoms with E-state index in [1.54, 1.807) is 0 Å². The van der Waals surface area contributed by atoms with E-state index in [1.165, 1.54) is 23.9 Å². The van der Waals surface area contributed by atoms with Crippen LogP contribution in [0.15, 0.2) is 35.2 Å². The fourth-order valence-electron chi connectivity index (χ4n) is 3.54. The van der Waals surface area contributed by atoms with Crippen molar-refractivity contribution in [1.82, 2.24) is 0 Å². The van der Waals surface area contributed by atoms with Crippen molar-refractivity contribution in [3.05, 3.63) is 59.2 Å². The predicted molar refractivity (Wildman–Crippen MR) is 108 cm³/mol. The second kappa shape index (κ2) is 9.64. The molecule has 3 nitrogen and oxygen atoms in total. The summed E-state index contributed by atoms with van der Waals surface area (Å²) in [5.41, 5.74) is -0.132. The summed E-state index contributed by atoms with van der Waals surface area (Å²) < 4.78 is 54.0. The molecule has 1 fully saturated rings. The van der Waals surface area contributed by atoms with Gasteiger partial charge in [0.05, 0.1) is 0 Å². The van der Waals surface area contributed by atoms with E-state index in [4.69, 9.17) is 0 Å². The van der Waals surface area contributed by atoms with Crippen LogP contribution in [0.4, 0.5) is 23.2 Å². The molecule has 30 heavy (non-hydrogen) atoms. The van der Waals surface area contributed by atoms with Crippen LogP contribution in [0, 0.1) is 29.2 Å². The monoisotopic (exact) mass is 439 g/mol. The van der Waals surface area contributed by atoms with Crippen molar-refractivity contribution < 1.29 is 27.2 Å². The first kappa shape index (κ1) is 22.3. The quantitative estimate of drug-likeness (QED) is 0.435. The normalized spacial score (nSPS) is 18.8. The van der Waals surface area contributed by atoms with Gasteiger partial charge in [-0.2, -0.15) is 0 Å². The molecule has 1 aliphatic carbocycles. The number of anilines is 1. The van der Waals surface area contributed by atoms with Crippen molar-refractivity contribution in [2.24, 2.45) is 5.92 Å². The zero-order valence-corrected chi connectivity index (χ0v) is 17.1. The third-order valence-electron chi connectivity index (χ3n) is 5.21. The molecule has 8 heteroatoms. The first-order valence-electron chi connectivity index (χ1n) is 9.73. The van der Waals surface area contributed by atoms with Gasteiger partial charge in [0.1, 0.15) is 11.6 Å². The number of carbonyl (C=O) groups is 2. The Morgan fingerprint density at radius 3 is 2.20 bits per heavy atom. The molecular weight excluding hydrogens is 418 g/mol. The van der Waals surface area contributed by atoms with Crippen molar-refractivity contribution >= 4 is 29.1 Å². The van der Waals surface area contributed by atoms with Gasteiger partial charge in [0.15, 0.2) is 17.5 Å². The molecule has 1 N–H and O–H groups in total. The number of ketones is 1. The molecule has 2 aromatic carbocycles. The highest BCUT2D eigenvalue weighted by atomic mass is 32.2. The highest BCUT2D eigenvalue weighted by molar-refractivity contribution is 8.00. The molecule has 1 aliphatic rings. The van der Waals surface area contributed by atoms with Gasteiger partial charge in [-0.3, -0.25) is 9.59 Å². The predicted octanol–water partition coefficient (Wildman–Crippen LogP) is 6.13. The second-order valence-corrected chi connectivity index (χ2v) is 8.61. The van der Waals surface area contributed by atoms with E-state index in [9.17, 15) is 27.2 Å². The van der Waals surface area contributed by atoms with Crippen LogP contribution in [0.3, 0.4) is 0 Å². The van der Waals surface area contributed by atoms with Gasteiger partial charge < -0.3 is 5.32 Å². The summed E-state index contributed by atoms with van der Waals surface area (Å²) in [5, 5.41) is 2.43. The van der Waals surface area contributed by atoms with Gasteiger partial charge in [-0.25, -0.2) is 17.6 Å². The molecule has 160 valence electrons. The standard InChI is InChI=1S/C22H21F4NO2S/c1-2-19(28)12-3-6-15(7-4-12)30-20-9-13(5-8-16(20)23)22(29)27-14-10-17(24)21(26)18(25)11-14/h5,8-12,15H,2-4,6-7H2,1H3,(H,27,29). The summed E-state index contributed by atoms with van der Waals surface area (Å²) in [6, 6.07) is 5.16. The highest BCUT2D eigenvalue weighted by Gasteiger charge is 2.26. The Hall–Kier alpha value is -2.35. The molecule has 0 radical (unpaired) electrons. The molecule has 2 aromatic rings. The molecular formula is C22H21F4NO2S. The number of thioether (sulfide) groups is 1. The lowest BCUT2D eigenvalue weighted by Crippen LogP contribution is -2.22. The molecule has 0 bridgehead atoms. The lowest BCUT2D eigenvalue weighted by Gasteiger charge is -2.27. The molecule has 3 rings (SSSR count). The number of Topliss-reactive ketones (excluding diaryl/α,β-unsaturated/α-hetero) is 1. The molecule has 0 aromatic heterocycles.